The SMILES string of the molecule is Cc1c(OCCCNCCO)ccc([C@H](C)N2C[C@H]3C[C@@H]2CN3C(=O)c2ccc(C(F)(F)F)cn2)c1C. The Hall–Kier alpha value is -2.69. The summed E-state index contributed by atoms with van der Waals surface area (Å²) in [5, 5.41) is 12.0. The quantitative estimate of drug-likeness (QED) is 0.465. The number of carbonyl (C=O) groups excluding carboxylic acids is 1. The van der Waals surface area contributed by atoms with E-state index in [-0.39, 0.29) is 36.3 Å². The van der Waals surface area contributed by atoms with Gasteiger partial charge in [-0.15, -0.1) is 0 Å². The maximum absolute atomic E-state index is 13.0. The van der Waals surface area contributed by atoms with Gasteiger partial charge in [-0.3, -0.25) is 14.7 Å². The minimum Gasteiger partial charge on any atom is -0.493 e. The largest absolute Gasteiger partial charge is 0.493 e. The fourth-order valence-corrected chi connectivity index (χ4v) is 5.44. The fourth-order valence-electron chi connectivity index (χ4n) is 5.44. The molecule has 202 valence electrons. The number of halogens is 3. The van der Waals surface area contributed by atoms with Gasteiger partial charge in [0.15, 0.2) is 0 Å². The number of amides is 1. The van der Waals surface area contributed by atoms with Crippen molar-refractivity contribution in [2.75, 3.05) is 39.4 Å². The van der Waals surface area contributed by atoms with E-state index in [0.717, 1.165) is 49.5 Å². The molecule has 3 heterocycles. The third-order valence-electron chi connectivity index (χ3n) is 7.62. The molecular formula is C27H35F3N4O3. The molecule has 7 nitrogen and oxygen atoms in total. The van der Waals surface area contributed by atoms with Gasteiger partial charge in [0.05, 0.1) is 18.8 Å². The molecule has 1 aromatic heterocycles. The minimum atomic E-state index is -4.48. The molecule has 1 aromatic carbocycles. The average Bonchev–Trinajstić information content (AvgIpc) is 3.49. The summed E-state index contributed by atoms with van der Waals surface area (Å²) < 4.78 is 44.5. The number of nitrogens with zero attached hydrogens (tertiary/aromatic N) is 3. The van der Waals surface area contributed by atoms with Crippen LogP contribution in [0, 0.1) is 13.8 Å². The van der Waals surface area contributed by atoms with Gasteiger partial charge >= 0.3 is 6.18 Å². The Balaban J connectivity index is 1.36. The van der Waals surface area contributed by atoms with Gasteiger partial charge in [-0.2, -0.15) is 13.2 Å². The molecule has 2 fully saturated rings. The van der Waals surface area contributed by atoms with Crippen LogP contribution in [0.1, 0.15) is 58.5 Å². The molecular weight excluding hydrogens is 485 g/mol. The van der Waals surface area contributed by atoms with Crippen LogP contribution in [0.3, 0.4) is 0 Å². The molecule has 37 heavy (non-hydrogen) atoms. The number of alkyl halides is 3. The van der Waals surface area contributed by atoms with E-state index in [2.05, 4.69) is 42.0 Å². The maximum atomic E-state index is 13.0. The Morgan fingerprint density at radius 1 is 1.16 bits per heavy atom. The highest BCUT2D eigenvalue weighted by atomic mass is 19.4. The molecule has 2 bridgehead atoms. The molecule has 2 aliphatic rings. The van der Waals surface area contributed by atoms with Crippen LogP contribution >= 0.6 is 0 Å². The van der Waals surface area contributed by atoms with Gasteiger partial charge in [-0.05, 0) is 75.0 Å². The summed E-state index contributed by atoms with van der Waals surface area (Å²) in [7, 11) is 0. The second kappa shape index (κ2) is 11.4. The van der Waals surface area contributed by atoms with E-state index in [1.165, 1.54) is 17.2 Å². The lowest BCUT2D eigenvalue weighted by molar-refractivity contribution is -0.137. The first-order chi connectivity index (χ1) is 17.6. The van der Waals surface area contributed by atoms with Crippen molar-refractivity contribution in [3.05, 3.63) is 58.4 Å². The van der Waals surface area contributed by atoms with Crippen LogP contribution in [0.5, 0.6) is 5.75 Å². The number of aromatic nitrogens is 1. The topological polar surface area (TPSA) is 77.9 Å². The Morgan fingerprint density at radius 3 is 2.57 bits per heavy atom. The van der Waals surface area contributed by atoms with E-state index in [4.69, 9.17) is 9.84 Å². The highest BCUT2D eigenvalue weighted by molar-refractivity contribution is 5.93. The van der Waals surface area contributed by atoms with Crippen LogP contribution in [0.15, 0.2) is 30.5 Å². The summed E-state index contributed by atoms with van der Waals surface area (Å²) >= 11 is 0. The van der Waals surface area contributed by atoms with E-state index in [0.29, 0.717) is 19.7 Å². The molecule has 0 radical (unpaired) electrons. The lowest BCUT2D eigenvalue weighted by Crippen LogP contribution is -2.49. The lowest BCUT2D eigenvalue weighted by atomic mass is 9.96. The molecule has 0 aliphatic carbocycles. The fraction of sp³-hybridized carbons (Fsp3) is 0.556. The van der Waals surface area contributed by atoms with Crippen molar-refractivity contribution in [2.45, 2.75) is 57.9 Å². The molecule has 1 amide bonds. The van der Waals surface area contributed by atoms with Gasteiger partial charge < -0.3 is 20.1 Å². The van der Waals surface area contributed by atoms with Crippen molar-refractivity contribution in [3.63, 3.8) is 0 Å². The number of piperazine rings is 1. The molecule has 2 N–H and O–H groups in total. The van der Waals surface area contributed by atoms with E-state index in [9.17, 15) is 18.0 Å². The zero-order valence-electron chi connectivity index (χ0n) is 21.5. The summed E-state index contributed by atoms with van der Waals surface area (Å²) in [6.07, 6.45) is -2.05. The molecule has 0 saturated carbocycles. The number of rotatable bonds is 10. The first-order valence-corrected chi connectivity index (χ1v) is 12.8. The van der Waals surface area contributed by atoms with Crippen LogP contribution in [-0.2, 0) is 6.18 Å². The zero-order chi connectivity index (χ0) is 26.7. The minimum absolute atomic E-state index is 0.0208. The monoisotopic (exact) mass is 520 g/mol. The number of carbonyl (C=O) groups is 1. The Morgan fingerprint density at radius 2 is 1.95 bits per heavy atom. The first kappa shape index (κ1) is 27.3. The van der Waals surface area contributed by atoms with Gasteiger partial charge in [0.25, 0.3) is 5.91 Å². The molecule has 2 aromatic rings. The van der Waals surface area contributed by atoms with Crippen molar-refractivity contribution >= 4 is 5.91 Å². The molecule has 4 rings (SSSR count). The number of fused-ring (bicyclic) bond motifs is 2. The number of hydrogen-bond acceptors (Lipinski definition) is 6. The predicted molar refractivity (Wildman–Crippen MR) is 134 cm³/mol. The molecule has 2 aliphatic heterocycles. The Bertz CT molecular complexity index is 1090. The zero-order valence-corrected chi connectivity index (χ0v) is 21.5. The summed E-state index contributed by atoms with van der Waals surface area (Å²) in [5.74, 6) is 0.563. The molecule has 3 atom stereocenters. The van der Waals surface area contributed by atoms with Crippen molar-refractivity contribution in [1.82, 2.24) is 20.1 Å². The number of likely N-dealkylation sites (tertiary alicyclic amines) is 2. The van der Waals surface area contributed by atoms with Gasteiger partial charge in [-0.25, -0.2) is 0 Å². The molecule has 2 saturated heterocycles. The predicted octanol–water partition coefficient (Wildman–Crippen LogP) is 3.73. The highest BCUT2D eigenvalue weighted by Crippen LogP contribution is 2.39. The standard InChI is InChI=1S/C27H35F3N4O3/c1-17-18(2)25(37-12-4-9-31-10-11-35)8-6-23(17)19(3)33-15-22-13-21(33)16-34(22)26(36)24-7-5-20(14-32-24)27(28,29)30/h5-8,14,19,21-22,31,35H,4,9-13,15-16H2,1-3H3/t19-,21+,22+/m0/s1. The Labute approximate surface area is 215 Å². The summed E-state index contributed by atoms with van der Waals surface area (Å²) in [6, 6.07) is 6.59. The average molecular weight is 521 g/mol. The normalized spacial score (nSPS) is 20.5. The van der Waals surface area contributed by atoms with Crippen LogP contribution in [0.2, 0.25) is 0 Å². The summed E-state index contributed by atoms with van der Waals surface area (Å²) in [6.45, 7) is 9.72. The molecule has 0 unspecified atom stereocenters. The van der Waals surface area contributed by atoms with Crippen molar-refractivity contribution in [2.24, 2.45) is 0 Å². The van der Waals surface area contributed by atoms with E-state index < -0.39 is 11.7 Å². The second-order valence-corrected chi connectivity index (χ2v) is 9.88. The maximum Gasteiger partial charge on any atom is 0.417 e. The number of aliphatic hydroxyl groups excluding tert-OH is 1. The number of benzene rings is 1. The number of ether oxygens (including phenoxy) is 1. The molecule has 10 heteroatoms. The molecule has 0 spiro atoms. The second-order valence-electron chi connectivity index (χ2n) is 9.88. The van der Waals surface area contributed by atoms with Crippen LogP contribution in [0.4, 0.5) is 13.2 Å². The third kappa shape index (κ3) is 5.91. The third-order valence-corrected chi connectivity index (χ3v) is 7.62. The highest BCUT2D eigenvalue weighted by Gasteiger charge is 2.47. The van der Waals surface area contributed by atoms with Gasteiger partial charge in [-0.1, -0.05) is 6.07 Å². The van der Waals surface area contributed by atoms with Crippen LogP contribution in [0.25, 0.3) is 0 Å². The number of nitrogens with one attached hydrogen (secondary N) is 1. The van der Waals surface area contributed by atoms with Crippen molar-refractivity contribution in [3.8, 4) is 5.75 Å². The first-order valence-electron chi connectivity index (χ1n) is 12.8. The Kier molecular flexibility index (Phi) is 8.40. The number of aliphatic hydroxyl groups is 1. The number of hydrogen-bond donors (Lipinski definition) is 2. The van der Waals surface area contributed by atoms with Gasteiger partial charge in [0, 0.05) is 44.0 Å². The van der Waals surface area contributed by atoms with Crippen LogP contribution in [-0.4, -0.2) is 77.3 Å². The smallest absolute Gasteiger partial charge is 0.417 e. The van der Waals surface area contributed by atoms with E-state index in [1.807, 2.05) is 6.07 Å². The van der Waals surface area contributed by atoms with Gasteiger partial charge in [0.1, 0.15) is 11.4 Å². The number of pyridine rings is 1. The summed E-state index contributed by atoms with van der Waals surface area (Å²) in [4.78, 5) is 20.9. The van der Waals surface area contributed by atoms with E-state index >= 15 is 0 Å². The van der Waals surface area contributed by atoms with Crippen LogP contribution < -0.4 is 10.1 Å². The van der Waals surface area contributed by atoms with Crippen molar-refractivity contribution < 1.29 is 27.8 Å². The van der Waals surface area contributed by atoms with Crippen molar-refractivity contribution in [1.29, 1.82) is 0 Å². The lowest BCUT2D eigenvalue weighted by Gasteiger charge is -2.38. The van der Waals surface area contributed by atoms with E-state index in [1.54, 1.807) is 4.90 Å². The summed E-state index contributed by atoms with van der Waals surface area (Å²) in [5.41, 5.74) is 2.72. The van der Waals surface area contributed by atoms with Gasteiger partial charge in [0.2, 0.25) is 0 Å².